The van der Waals surface area contributed by atoms with Gasteiger partial charge in [-0.15, -0.1) is 0 Å². The molecule has 2 rings (SSSR count). The summed E-state index contributed by atoms with van der Waals surface area (Å²) in [4.78, 5) is 13.9. The normalized spacial score (nSPS) is 10.5. The van der Waals surface area contributed by atoms with Crippen LogP contribution in [0.1, 0.15) is 5.56 Å². The van der Waals surface area contributed by atoms with Crippen LogP contribution in [0.2, 0.25) is 0 Å². The van der Waals surface area contributed by atoms with E-state index in [-0.39, 0.29) is 17.0 Å². The molecule has 0 radical (unpaired) electrons. The Labute approximate surface area is 85.1 Å². The van der Waals surface area contributed by atoms with Crippen LogP contribution < -0.4 is 0 Å². The van der Waals surface area contributed by atoms with Gasteiger partial charge in [0.05, 0.1) is 4.92 Å². The summed E-state index contributed by atoms with van der Waals surface area (Å²) >= 11 is 0. The maximum absolute atomic E-state index is 10.6. The number of aryl methyl sites for hydroxylation is 1. The molecular weight excluding hydrogens is 196 g/mol. The van der Waals surface area contributed by atoms with Crippen molar-refractivity contribution >= 4 is 16.6 Å². The summed E-state index contributed by atoms with van der Waals surface area (Å²) in [6, 6.07) is 4.66. The molecule has 0 aliphatic carbocycles. The highest BCUT2D eigenvalue weighted by Crippen LogP contribution is 2.33. The van der Waals surface area contributed by atoms with Crippen LogP contribution in [0.5, 0.6) is 5.75 Å². The summed E-state index contributed by atoms with van der Waals surface area (Å²) in [5.41, 5.74) is 0.870. The minimum absolute atomic E-state index is 0.268. The zero-order valence-corrected chi connectivity index (χ0v) is 7.97. The molecule has 0 unspecified atom stereocenters. The van der Waals surface area contributed by atoms with E-state index in [0.29, 0.717) is 0 Å². The first-order chi connectivity index (χ1) is 7.11. The van der Waals surface area contributed by atoms with E-state index in [4.69, 9.17) is 0 Å². The van der Waals surface area contributed by atoms with Gasteiger partial charge >= 0.3 is 5.69 Å². The van der Waals surface area contributed by atoms with Gasteiger partial charge in [0.1, 0.15) is 5.52 Å². The smallest absolute Gasteiger partial charge is 0.313 e. The van der Waals surface area contributed by atoms with Crippen LogP contribution in [0.4, 0.5) is 5.69 Å². The summed E-state index contributed by atoms with van der Waals surface area (Å²) in [7, 11) is 0. The average Bonchev–Trinajstić information content (AvgIpc) is 2.19. The Balaban J connectivity index is 2.86. The van der Waals surface area contributed by atoms with E-state index in [1.165, 1.54) is 12.3 Å². The average molecular weight is 204 g/mol. The van der Waals surface area contributed by atoms with Crippen molar-refractivity contribution in [2.24, 2.45) is 0 Å². The Morgan fingerprint density at radius 2 is 2.13 bits per heavy atom. The van der Waals surface area contributed by atoms with E-state index in [1.807, 2.05) is 6.92 Å². The molecule has 1 heterocycles. The van der Waals surface area contributed by atoms with Crippen molar-refractivity contribution in [3.8, 4) is 5.75 Å². The Morgan fingerprint density at radius 1 is 1.40 bits per heavy atom. The van der Waals surface area contributed by atoms with Gasteiger partial charge in [-0.3, -0.25) is 15.1 Å². The maximum Gasteiger partial charge on any atom is 0.313 e. The summed E-state index contributed by atoms with van der Waals surface area (Å²) in [5, 5.41) is 20.9. The first-order valence-corrected chi connectivity index (χ1v) is 4.33. The molecule has 1 N–H and O–H groups in total. The lowest BCUT2D eigenvalue weighted by Crippen LogP contribution is -1.91. The van der Waals surface area contributed by atoms with E-state index in [2.05, 4.69) is 4.98 Å². The van der Waals surface area contributed by atoms with Crippen molar-refractivity contribution in [3.05, 3.63) is 40.1 Å². The Hall–Kier alpha value is -2.17. The molecule has 76 valence electrons. The van der Waals surface area contributed by atoms with Gasteiger partial charge in [0.15, 0.2) is 0 Å². The van der Waals surface area contributed by atoms with Gasteiger partial charge in [0.2, 0.25) is 5.75 Å². The minimum atomic E-state index is -0.626. The van der Waals surface area contributed by atoms with Crippen molar-refractivity contribution in [3.63, 3.8) is 0 Å². The molecule has 0 amide bonds. The predicted octanol–water partition coefficient (Wildman–Crippen LogP) is 2.16. The van der Waals surface area contributed by atoms with Crippen LogP contribution in [0.15, 0.2) is 24.4 Å². The number of benzene rings is 1. The summed E-state index contributed by atoms with van der Waals surface area (Å²) in [6.07, 6.45) is 1.51. The van der Waals surface area contributed by atoms with Crippen molar-refractivity contribution in [2.75, 3.05) is 0 Å². The number of pyridine rings is 1. The highest BCUT2D eigenvalue weighted by molar-refractivity contribution is 5.90. The summed E-state index contributed by atoms with van der Waals surface area (Å²) < 4.78 is 0. The third-order valence-electron chi connectivity index (χ3n) is 2.28. The SMILES string of the molecule is Cc1ccnc2c(O)c([N+](=O)[O-])ccc12. The van der Waals surface area contributed by atoms with Gasteiger partial charge in [-0.1, -0.05) is 0 Å². The largest absolute Gasteiger partial charge is 0.501 e. The quantitative estimate of drug-likeness (QED) is 0.570. The van der Waals surface area contributed by atoms with Gasteiger partial charge in [-0.25, -0.2) is 0 Å². The number of fused-ring (bicyclic) bond motifs is 1. The predicted molar refractivity (Wildman–Crippen MR) is 54.8 cm³/mol. The van der Waals surface area contributed by atoms with E-state index in [1.54, 1.807) is 12.1 Å². The number of phenolic OH excluding ortho intramolecular Hbond substituents is 1. The molecule has 0 fully saturated rings. The Bertz CT molecular complexity index is 552. The van der Waals surface area contributed by atoms with Crippen molar-refractivity contribution in [1.29, 1.82) is 0 Å². The third-order valence-corrected chi connectivity index (χ3v) is 2.28. The van der Waals surface area contributed by atoms with Crippen LogP contribution >= 0.6 is 0 Å². The van der Waals surface area contributed by atoms with Gasteiger partial charge in [0.25, 0.3) is 0 Å². The highest BCUT2D eigenvalue weighted by Gasteiger charge is 2.17. The fraction of sp³-hybridized carbons (Fsp3) is 0.100. The monoisotopic (exact) mass is 204 g/mol. The lowest BCUT2D eigenvalue weighted by Gasteiger charge is -2.02. The molecule has 5 nitrogen and oxygen atoms in total. The van der Waals surface area contributed by atoms with Crippen LogP contribution in [-0.4, -0.2) is 15.0 Å². The number of hydrogen-bond donors (Lipinski definition) is 1. The van der Waals surface area contributed by atoms with Gasteiger partial charge < -0.3 is 5.11 Å². The molecule has 0 bridgehead atoms. The number of aromatic nitrogens is 1. The zero-order chi connectivity index (χ0) is 11.0. The molecule has 0 saturated heterocycles. The van der Waals surface area contributed by atoms with Crippen LogP contribution in [-0.2, 0) is 0 Å². The standard InChI is InChI=1S/C10H8N2O3/c1-6-4-5-11-9-7(6)2-3-8(10(9)13)12(14)15/h2-5,13H,1H3. The number of aromatic hydroxyl groups is 1. The number of nitrogens with zero attached hydrogens (tertiary/aromatic N) is 2. The number of rotatable bonds is 1. The maximum atomic E-state index is 10.6. The minimum Gasteiger partial charge on any atom is -0.501 e. The molecule has 2 aromatic rings. The van der Waals surface area contributed by atoms with E-state index >= 15 is 0 Å². The molecule has 0 aliphatic rings. The highest BCUT2D eigenvalue weighted by atomic mass is 16.6. The molecular formula is C10H8N2O3. The first-order valence-electron chi connectivity index (χ1n) is 4.33. The van der Waals surface area contributed by atoms with Crippen LogP contribution in [0, 0.1) is 17.0 Å². The molecule has 0 atom stereocenters. The van der Waals surface area contributed by atoms with Gasteiger partial charge in [0, 0.05) is 17.6 Å². The molecule has 5 heteroatoms. The lowest BCUT2D eigenvalue weighted by molar-refractivity contribution is -0.385. The van der Waals surface area contributed by atoms with Crippen LogP contribution in [0.3, 0.4) is 0 Å². The second kappa shape index (κ2) is 3.20. The zero-order valence-electron chi connectivity index (χ0n) is 7.97. The number of phenols is 1. The van der Waals surface area contributed by atoms with E-state index in [9.17, 15) is 15.2 Å². The number of hydrogen-bond acceptors (Lipinski definition) is 4. The second-order valence-corrected chi connectivity index (χ2v) is 3.21. The first kappa shape index (κ1) is 9.39. The fourth-order valence-electron chi connectivity index (χ4n) is 1.48. The van der Waals surface area contributed by atoms with Crippen LogP contribution in [0.25, 0.3) is 10.9 Å². The van der Waals surface area contributed by atoms with Crippen molar-refractivity contribution in [1.82, 2.24) is 4.98 Å². The molecule has 15 heavy (non-hydrogen) atoms. The molecule has 1 aromatic heterocycles. The Morgan fingerprint density at radius 3 is 2.80 bits per heavy atom. The lowest BCUT2D eigenvalue weighted by atomic mass is 10.1. The molecule has 0 saturated carbocycles. The topological polar surface area (TPSA) is 76.3 Å². The van der Waals surface area contributed by atoms with Gasteiger partial charge in [-0.05, 0) is 24.6 Å². The van der Waals surface area contributed by atoms with Crippen molar-refractivity contribution < 1.29 is 10.0 Å². The Kier molecular flexibility index (Phi) is 2.00. The summed E-state index contributed by atoms with van der Waals surface area (Å²) in [5.74, 6) is -0.374. The summed E-state index contributed by atoms with van der Waals surface area (Å²) in [6.45, 7) is 1.86. The molecule has 0 aliphatic heterocycles. The van der Waals surface area contributed by atoms with E-state index in [0.717, 1.165) is 10.9 Å². The van der Waals surface area contributed by atoms with Gasteiger partial charge in [-0.2, -0.15) is 0 Å². The van der Waals surface area contributed by atoms with E-state index < -0.39 is 4.92 Å². The number of nitro benzene ring substituents is 1. The molecule has 1 aromatic carbocycles. The number of nitro groups is 1. The second-order valence-electron chi connectivity index (χ2n) is 3.21. The van der Waals surface area contributed by atoms with Crippen molar-refractivity contribution in [2.45, 2.75) is 6.92 Å². The fourth-order valence-corrected chi connectivity index (χ4v) is 1.48. The molecule has 0 spiro atoms. The third kappa shape index (κ3) is 1.38.